The van der Waals surface area contributed by atoms with Gasteiger partial charge in [-0.3, -0.25) is 0 Å². The lowest BCUT2D eigenvalue weighted by molar-refractivity contribution is -0.123. The SMILES string of the molecule is N#Cc1cc(-n2cc(S(=O)(=O)C(F)(F)F)c3c2CCC(F)(F)C3O)ccc1F. The van der Waals surface area contributed by atoms with E-state index in [0.717, 1.165) is 22.8 Å². The maximum atomic E-state index is 13.9. The molecule has 3 rings (SSSR count). The highest BCUT2D eigenvalue weighted by Gasteiger charge is 2.54. The maximum absolute atomic E-state index is 13.9. The van der Waals surface area contributed by atoms with Crippen molar-refractivity contribution in [3.63, 3.8) is 0 Å². The largest absolute Gasteiger partial charge is 0.501 e. The molecular formula is C16H10F6N2O3S. The Hall–Kier alpha value is -2.52. The zero-order valence-corrected chi connectivity index (χ0v) is 14.5. The fourth-order valence-corrected chi connectivity index (χ4v) is 4.05. The number of aliphatic hydroxyl groups is 1. The van der Waals surface area contributed by atoms with E-state index in [0.29, 0.717) is 6.20 Å². The van der Waals surface area contributed by atoms with Gasteiger partial charge in [-0.1, -0.05) is 0 Å². The Morgan fingerprint density at radius 1 is 1.29 bits per heavy atom. The van der Waals surface area contributed by atoms with Gasteiger partial charge in [0.15, 0.2) is 0 Å². The molecule has 150 valence electrons. The lowest BCUT2D eigenvalue weighted by Gasteiger charge is -2.29. The molecule has 0 fully saturated rings. The molecule has 1 aliphatic rings. The van der Waals surface area contributed by atoms with Crippen molar-refractivity contribution < 1.29 is 39.9 Å². The van der Waals surface area contributed by atoms with Crippen LogP contribution < -0.4 is 0 Å². The number of aliphatic hydroxyl groups excluding tert-OH is 1. The van der Waals surface area contributed by atoms with Gasteiger partial charge in [0, 0.05) is 29.6 Å². The Bertz CT molecular complexity index is 1100. The van der Waals surface area contributed by atoms with Gasteiger partial charge < -0.3 is 9.67 Å². The van der Waals surface area contributed by atoms with Crippen molar-refractivity contribution in [1.29, 1.82) is 5.26 Å². The molecule has 1 N–H and O–H groups in total. The van der Waals surface area contributed by atoms with Crippen molar-refractivity contribution in [2.24, 2.45) is 0 Å². The Balaban J connectivity index is 2.34. The molecule has 1 aliphatic carbocycles. The highest BCUT2D eigenvalue weighted by Crippen LogP contribution is 2.47. The van der Waals surface area contributed by atoms with Crippen LogP contribution in [0.25, 0.3) is 5.69 Å². The van der Waals surface area contributed by atoms with Crippen LogP contribution >= 0.6 is 0 Å². The van der Waals surface area contributed by atoms with Crippen LogP contribution in [0.5, 0.6) is 0 Å². The van der Waals surface area contributed by atoms with E-state index in [1.807, 2.05) is 0 Å². The minimum absolute atomic E-state index is 0.116. The number of hydrogen-bond acceptors (Lipinski definition) is 4. The third kappa shape index (κ3) is 2.94. The van der Waals surface area contributed by atoms with Gasteiger partial charge in [-0.25, -0.2) is 21.6 Å². The van der Waals surface area contributed by atoms with Crippen LogP contribution in [-0.4, -0.2) is 29.5 Å². The van der Waals surface area contributed by atoms with Crippen molar-refractivity contribution in [3.05, 3.63) is 47.0 Å². The Kier molecular flexibility index (Phi) is 4.51. The summed E-state index contributed by atoms with van der Waals surface area (Å²) in [4.78, 5) is -1.51. The summed E-state index contributed by atoms with van der Waals surface area (Å²) in [6.45, 7) is 0. The van der Waals surface area contributed by atoms with Gasteiger partial charge in [0.25, 0.3) is 15.8 Å². The van der Waals surface area contributed by atoms with Crippen molar-refractivity contribution in [2.45, 2.75) is 35.3 Å². The Morgan fingerprint density at radius 3 is 2.50 bits per heavy atom. The van der Waals surface area contributed by atoms with E-state index in [9.17, 15) is 39.9 Å². The molecule has 5 nitrogen and oxygen atoms in total. The van der Waals surface area contributed by atoms with Crippen LogP contribution in [0.3, 0.4) is 0 Å². The molecule has 0 aliphatic heterocycles. The van der Waals surface area contributed by atoms with Gasteiger partial charge in [0.05, 0.1) is 5.56 Å². The minimum Gasteiger partial charge on any atom is -0.382 e. The lowest BCUT2D eigenvalue weighted by Crippen LogP contribution is -2.34. The number of benzene rings is 1. The summed E-state index contributed by atoms with van der Waals surface area (Å²) in [7, 11) is -6.07. The predicted molar refractivity (Wildman–Crippen MR) is 81.9 cm³/mol. The van der Waals surface area contributed by atoms with E-state index in [2.05, 4.69) is 0 Å². The number of nitrogens with zero attached hydrogens (tertiary/aromatic N) is 2. The molecule has 1 unspecified atom stereocenters. The van der Waals surface area contributed by atoms with Crippen molar-refractivity contribution >= 4 is 9.84 Å². The zero-order valence-electron chi connectivity index (χ0n) is 13.6. The second-order valence-electron chi connectivity index (χ2n) is 6.11. The van der Waals surface area contributed by atoms with E-state index in [1.165, 1.54) is 6.07 Å². The third-order valence-corrected chi connectivity index (χ3v) is 5.94. The number of sulfone groups is 1. The average molecular weight is 424 g/mol. The van der Waals surface area contributed by atoms with E-state index in [4.69, 9.17) is 5.26 Å². The standard InChI is InChI=1S/C16H10F6N2O3S/c17-10-2-1-9(5-8(10)6-23)24-7-12(28(26,27)16(20,21)22)13-11(24)3-4-15(18,19)14(13)25/h1-2,5,7,14,25H,3-4H2. The number of halogens is 6. The molecule has 1 heterocycles. The van der Waals surface area contributed by atoms with Crippen LogP contribution in [-0.2, 0) is 16.3 Å². The highest BCUT2D eigenvalue weighted by atomic mass is 32.2. The predicted octanol–water partition coefficient (Wildman–Crippen LogP) is 3.40. The highest BCUT2D eigenvalue weighted by molar-refractivity contribution is 7.92. The fraction of sp³-hybridized carbons (Fsp3) is 0.312. The molecule has 0 bridgehead atoms. The smallest absolute Gasteiger partial charge is 0.382 e. The van der Waals surface area contributed by atoms with Gasteiger partial charge in [-0.05, 0) is 24.6 Å². The summed E-state index contributed by atoms with van der Waals surface area (Å²) in [6.07, 6.45) is -3.82. The number of fused-ring (bicyclic) bond motifs is 1. The molecule has 0 radical (unpaired) electrons. The van der Waals surface area contributed by atoms with Gasteiger partial charge in [0.1, 0.15) is 22.9 Å². The first kappa shape index (κ1) is 20.2. The van der Waals surface area contributed by atoms with E-state index in [-0.39, 0.29) is 11.4 Å². The molecule has 12 heteroatoms. The number of nitriles is 1. The summed E-state index contributed by atoms with van der Waals surface area (Å²) in [5.74, 6) is -4.77. The van der Waals surface area contributed by atoms with E-state index < -0.39 is 62.1 Å². The first-order valence-electron chi connectivity index (χ1n) is 7.62. The quantitative estimate of drug-likeness (QED) is 0.750. The summed E-state index contributed by atoms with van der Waals surface area (Å²) in [5, 5.41) is 18.8. The summed E-state index contributed by atoms with van der Waals surface area (Å²) in [6, 6.07) is 4.31. The number of rotatable bonds is 2. The molecule has 0 saturated heterocycles. The fourth-order valence-electron chi connectivity index (χ4n) is 3.04. The van der Waals surface area contributed by atoms with E-state index >= 15 is 0 Å². The van der Waals surface area contributed by atoms with Crippen LogP contribution in [0.4, 0.5) is 26.3 Å². The first-order valence-corrected chi connectivity index (χ1v) is 9.11. The van der Waals surface area contributed by atoms with Gasteiger partial charge in [0.2, 0.25) is 0 Å². The zero-order chi connectivity index (χ0) is 21.1. The van der Waals surface area contributed by atoms with Crippen LogP contribution in [0.1, 0.15) is 29.3 Å². The van der Waals surface area contributed by atoms with Crippen molar-refractivity contribution in [3.8, 4) is 11.8 Å². The van der Waals surface area contributed by atoms with Crippen molar-refractivity contribution in [1.82, 2.24) is 4.57 Å². The van der Waals surface area contributed by atoms with Gasteiger partial charge in [-0.15, -0.1) is 0 Å². The van der Waals surface area contributed by atoms with Gasteiger partial charge >= 0.3 is 5.51 Å². The average Bonchev–Trinajstić information content (AvgIpc) is 2.98. The minimum atomic E-state index is -6.07. The first-order chi connectivity index (χ1) is 12.8. The molecule has 1 aromatic carbocycles. The van der Waals surface area contributed by atoms with E-state index in [1.54, 1.807) is 0 Å². The normalized spacial score (nSPS) is 19.1. The van der Waals surface area contributed by atoms with Crippen LogP contribution in [0.2, 0.25) is 0 Å². The van der Waals surface area contributed by atoms with Gasteiger partial charge in [-0.2, -0.15) is 18.4 Å². The Labute approximate surface area is 154 Å². The monoisotopic (exact) mass is 424 g/mol. The maximum Gasteiger partial charge on any atom is 0.501 e. The molecule has 0 amide bonds. The number of alkyl halides is 5. The molecule has 0 spiro atoms. The Morgan fingerprint density at radius 2 is 1.93 bits per heavy atom. The number of aromatic nitrogens is 1. The third-order valence-electron chi connectivity index (χ3n) is 4.42. The topological polar surface area (TPSA) is 83.1 Å². The molecular weight excluding hydrogens is 414 g/mol. The summed E-state index contributed by atoms with van der Waals surface area (Å²) < 4.78 is 105. The lowest BCUT2D eigenvalue weighted by atomic mass is 9.91. The molecule has 0 saturated carbocycles. The summed E-state index contributed by atoms with van der Waals surface area (Å²) >= 11 is 0. The van der Waals surface area contributed by atoms with Crippen LogP contribution in [0.15, 0.2) is 29.3 Å². The number of hydrogen-bond donors (Lipinski definition) is 1. The molecule has 1 aromatic heterocycles. The van der Waals surface area contributed by atoms with Crippen molar-refractivity contribution in [2.75, 3.05) is 0 Å². The molecule has 28 heavy (non-hydrogen) atoms. The molecule has 2 aromatic rings. The molecule has 1 atom stereocenters. The van der Waals surface area contributed by atoms with Crippen LogP contribution in [0, 0.1) is 17.1 Å². The second kappa shape index (κ2) is 6.25. The summed E-state index contributed by atoms with van der Waals surface area (Å²) in [5.41, 5.74) is -7.75. The second-order valence-corrected chi connectivity index (χ2v) is 8.02.